The van der Waals surface area contributed by atoms with E-state index in [0.717, 1.165) is 18.5 Å². The van der Waals surface area contributed by atoms with Crippen LogP contribution in [0.2, 0.25) is 0 Å². The largest absolute Gasteiger partial charge is 0.454 e. The predicted octanol–water partition coefficient (Wildman–Crippen LogP) is 4.57. The molecule has 0 aliphatic rings. The Balaban J connectivity index is 2.26. The summed E-state index contributed by atoms with van der Waals surface area (Å²) >= 11 is 0. The van der Waals surface area contributed by atoms with Gasteiger partial charge in [0.25, 0.3) is 0 Å². The van der Waals surface area contributed by atoms with Crippen LogP contribution < -0.4 is 10.1 Å². The van der Waals surface area contributed by atoms with Crippen LogP contribution in [0.25, 0.3) is 0 Å². The van der Waals surface area contributed by atoms with Gasteiger partial charge in [-0.15, -0.1) is 0 Å². The van der Waals surface area contributed by atoms with Crippen LogP contribution in [0.4, 0.5) is 8.78 Å². The first-order valence-corrected chi connectivity index (χ1v) is 7.04. The third-order valence-electron chi connectivity index (χ3n) is 3.11. The molecule has 21 heavy (non-hydrogen) atoms. The maximum atomic E-state index is 13.9. The van der Waals surface area contributed by atoms with Crippen LogP contribution in [-0.4, -0.2) is 6.54 Å². The molecule has 0 fully saturated rings. The zero-order valence-electron chi connectivity index (χ0n) is 12.2. The van der Waals surface area contributed by atoms with Gasteiger partial charge < -0.3 is 10.1 Å². The van der Waals surface area contributed by atoms with Crippen LogP contribution in [0, 0.1) is 18.6 Å². The molecule has 0 radical (unpaired) electrons. The second-order valence-electron chi connectivity index (χ2n) is 4.93. The summed E-state index contributed by atoms with van der Waals surface area (Å²) in [7, 11) is 0. The number of nitrogens with one attached hydrogen (secondary N) is 1. The minimum Gasteiger partial charge on any atom is -0.454 e. The van der Waals surface area contributed by atoms with Crippen LogP contribution >= 0.6 is 0 Å². The topological polar surface area (TPSA) is 21.3 Å². The lowest BCUT2D eigenvalue weighted by Crippen LogP contribution is -2.15. The van der Waals surface area contributed by atoms with Crippen molar-refractivity contribution < 1.29 is 13.5 Å². The van der Waals surface area contributed by atoms with Gasteiger partial charge in [0.05, 0.1) is 0 Å². The van der Waals surface area contributed by atoms with Gasteiger partial charge in [-0.05, 0) is 49.7 Å². The Hall–Kier alpha value is -1.94. The molecule has 2 nitrogen and oxygen atoms in total. The van der Waals surface area contributed by atoms with E-state index in [4.69, 9.17) is 4.74 Å². The molecule has 0 heterocycles. The molecule has 0 unspecified atom stereocenters. The average molecular weight is 291 g/mol. The van der Waals surface area contributed by atoms with Crippen molar-refractivity contribution in [2.45, 2.75) is 26.8 Å². The lowest BCUT2D eigenvalue weighted by molar-refractivity contribution is 0.429. The summed E-state index contributed by atoms with van der Waals surface area (Å²) in [4.78, 5) is 0. The molecule has 0 bridgehead atoms. The van der Waals surface area contributed by atoms with E-state index in [2.05, 4.69) is 5.32 Å². The molecule has 0 aromatic heterocycles. The van der Waals surface area contributed by atoms with Crippen molar-refractivity contribution in [3.63, 3.8) is 0 Å². The van der Waals surface area contributed by atoms with Gasteiger partial charge in [-0.3, -0.25) is 0 Å². The monoisotopic (exact) mass is 291 g/mol. The maximum Gasteiger partial charge on any atom is 0.165 e. The number of rotatable bonds is 6. The third-order valence-corrected chi connectivity index (χ3v) is 3.11. The maximum absolute atomic E-state index is 13.9. The molecule has 0 aliphatic carbocycles. The fraction of sp³-hybridized carbons (Fsp3) is 0.294. The minimum absolute atomic E-state index is 0.109. The predicted molar refractivity (Wildman–Crippen MR) is 79.6 cm³/mol. The van der Waals surface area contributed by atoms with Gasteiger partial charge in [0, 0.05) is 12.1 Å². The normalized spacial score (nSPS) is 10.7. The zero-order valence-corrected chi connectivity index (χ0v) is 12.2. The third kappa shape index (κ3) is 4.02. The first-order chi connectivity index (χ1) is 10.1. The summed E-state index contributed by atoms with van der Waals surface area (Å²) in [6, 6.07) is 9.19. The van der Waals surface area contributed by atoms with Crippen LogP contribution in [0.3, 0.4) is 0 Å². The summed E-state index contributed by atoms with van der Waals surface area (Å²) in [6.45, 7) is 5.02. The van der Waals surface area contributed by atoms with E-state index in [1.165, 1.54) is 12.1 Å². The lowest BCUT2D eigenvalue weighted by Gasteiger charge is -2.13. The Bertz CT molecular complexity index is 614. The van der Waals surface area contributed by atoms with E-state index < -0.39 is 5.82 Å². The highest BCUT2D eigenvalue weighted by atomic mass is 19.1. The fourth-order valence-corrected chi connectivity index (χ4v) is 2.00. The number of hydrogen-bond donors (Lipinski definition) is 1. The van der Waals surface area contributed by atoms with Gasteiger partial charge >= 0.3 is 0 Å². The van der Waals surface area contributed by atoms with Gasteiger partial charge in [0.15, 0.2) is 11.6 Å². The van der Waals surface area contributed by atoms with Gasteiger partial charge in [-0.2, -0.15) is 0 Å². The summed E-state index contributed by atoms with van der Waals surface area (Å²) in [6.07, 6.45) is 0.956. The molecule has 0 aliphatic heterocycles. The quantitative estimate of drug-likeness (QED) is 0.787. The number of ether oxygens (including phenoxy) is 1. The SMILES string of the molecule is CCCNCc1c(F)cccc1Oc1cc(C)ccc1F. The van der Waals surface area contributed by atoms with Crippen molar-refractivity contribution in [1.29, 1.82) is 0 Å². The summed E-state index contributed by atoms with van der Waals surface area (Å²) in [5.74, 6) is -0.373. The van der Waals surface area contributed by atoms with Crippen molar-refractivity contribution in [3.8, 4) is 11.5 Å². The highest BCUT2D eigenvalue weighted by Crippen LogP contribution is 2.29. The first kappa shape index (κ1) is 15.4. The van der Waals surface area contributed by atoms with Gasteiger partial charge in [-0.25, -0.2) is 8.78 Å². The van der Waals surface area contributed by atoms with E-state index >= 15 is 0 Å². The average Bonchev–Trinajstić information content (AvgIpc) is 2.46. The van der Waals surface area contributed by atoms with Crippen molar-refractivity contribution in [2.75, 3.05) is 6.54 Å². The van der Waals surface area contributed by atoms with Crippen LogP contribution in [-0.2, 0) is 6.54 Å². The van der Waals surface area contributed by atoms with Gasteiger partial charge in [0.1, 0.15) is 11.6 Å². The highest BCUT2D eigenvalue weighted by Gasteiger charge is 2.12. The lowest BCUT2D eigenvalue weighted by atomic mass is 10.1. The molecule has 0 saturated carbocycles. The van der Waals surface area contributed by atoms with Crippen molar-refractivity contribution in [3.05, 3.63) is 59.2 Å². The Morgan fingerprint density at radius 1 is 1.05 bits per heavy atom. The van der Waals surface area contributed by atoms with Crippen molar-refractivity contribution in [1.82, 2.24) is 5.32 Å². The van der Waals surface area contributed by atoms with Crippen LogP contribution in [0.5, 0.6) is 11.5 Å². The highest BCUT2D eigenvalue weighted by molar-refractivity contribution is 5.40. The molecular weight excluding hydrogens is 272 g/mol. The van der Waals surface area contributed by atoms with Crippen LogP contribution in [0.1, 0.15) is 24.5 Å². The Morgan fingerprint density at radius 3 is 2.62 bits per heavy atom. The van der Waals surface area contributed by atoms with Crippen LogP contribution in [0.15, 0.2) is 36.4 Å². The molecule has 1 N–H and O–H groups in total. The molecule has 2 rings (SSSR count). The molecular formula is C17H19F2NO. The molecule has 2 aromatic rings. The van der Waals surface area contributed by atoms with E-state index in [9.17, 15) is 8.78 Å². The minimum atomic E-state index is -0.461. The molecule has 2 aromatic carbocycles. The Kier molecular flexibility index (Phi) is 5.28. The first-order valence-electron chi connectivity index (χ1n) is 7.04. The van der Waals surface area contributed by atoms with Gasteiger partial charge in [-0.1, -0.05) is 19.1 Å². The van der Waals surface area contributed by atoms with E-state index in [-0.39, 0.29) is 11.6 Å². The zero-order chi connectivity index (χ0) is 15.2. The standard InChI is InChI=1S/C17H19F2NO/c1-3-9-20-11-13-14(18)5-4-6-16(13)21-17-10-12(2)7-8-15(17)19/h4-8,10,20H,3,9,11H2,1-2H3. The summed E-state index contributed by atoms with van der Waals surface area (Å²) in [5.41, 5.74) is 1.29. The fourth-order valence-electron chi connectivity index (χ4n) is 2.00. The summed E-state index contributed by atoms with van der Waals surface area (Å²) < 4.78 is 33.3. The number of aryl methyl sites for hydroxylation is 1. The van der Waals surface area contributed by atoms with Crippen molar-refractivity contribution in [2.24, 2.45) is 0 Å². The molecule has 0 saturated heterocycles. The van der Waals surface area contributed by atoms with E-state index in [1.54, 1.807) is 24.3 Å². The molecule has 0 amide bonds. The Labute approximate surface area is 123 Å². The number of halogens is 2. The summed E-state index contributed by atoms with van der Waals surface area (Å²) in [5, 5.41) is 3.13. The second kappa shape index (κ2) is 7.18. The number of hydrogen-bond acceptors (Lipinski definition) is 2. The van der Waals surface area contributed by atoms with E-state index in [1.807, 2.05) is 13.8 Å². The smallest absolute Gasteiger partial charge is 0.165 e. The molecule has 0 spiro atoms. The molecule has 0 atom stereocenters. The van der Waals surface area contributed by atoms with E-state index in [0.29, 0.717) is 17.9 Å². The van der Waals surface area contributed by atoms with Gasteiger partial charge in [0.2, 0.25) is 0 Å². The number of benzene rings is 2. The molecule has 4 heteroatoms. The second-order valence-corrected chi connectivity index (χ2v) is 4.93. The molecule has 112 valence electrons. The Morgan fingerprint density at radius 2 is 1.86 bits per heavy atom. The van der Waals surface area contributed by atoms with Crippen molar-refractivity contribution >= 4 is 0 Å².